The average Bonchev–Trinajstić information content (AvgIpc) is 3.53. The largest absolute Gasteiger partial charge is 0.394 e. The zero-order valence-electron chi connectivity index (χ0n) is 19.0. The molecule has 34 heavy (non-hydrogen) atoms. The van der Waals surface area contributed by atoms with Gasteiger partial charge in [0.15, 0.2) is 0 Å². The van der Waals surface area contributed by atoms with E-state index in [2.05, 4.69) is 30.9 Å². The number of aliphatic hydroxyl groups is 1. The third-order valence-corrected chi connectivity index (χ3v) is 5.60. The van der Waals surface area contributed by atoms with E-state index in [-0.39, 0.29) is 12.5 Å². The Labute approximate surface area is 194 Å². The maximum Gasteiger partial charge on any atom is 0.259 e. The zero-order chi connectivity index (χ0) is 23.8. The molecule has 0 aliphatic rings. The molecule has 2 N–H and O–H groups in total. The summed E-state index contributed by atoms with van der Waals surface area (Å²) in [5.74, 6) is 0.211. The maximum absolute atomic E-state index is 13.2. The van der Waals surface area contributed by atoms with Crippen LogP contribution in [0.4, 0.5) is 5.69 Å². The van der Waals surface area contributed by atoms with Gasteiger partial charge in [-0.15, -0.1) is 10.2 Å². The Morgan fingerprint density at radius 1 is 1.12 bits per heavy atom. The van der Waals surface area contributed by atoms with E-state index in [4.69, 9.17) is 0 Å². The molecule has 0 radical (unpaired) electrons. The van der Waals surface area contributed by atoms with Crippen molar-refractivity contribution in [1.29, 1.82) is 0 Å². The van der Waals surface area contributed by atoms with Gasteiger partial charge < -0.3 is 10.4 Å². The van der Waals surface area contributed by atoms with E-state index in [9.17, 15) is 9.90 Å². The number of fused-ring (bicyclic) bond motifs is 1. The van der Waals surface area contributed by atoms with Gasteiger partial charge in [0.05, 0.1) is 43.2 Å². The van der Waals surface area contributed by atoms with Crippen molar-refractivity contribution in [2.75, 3.05) is 11.9 Å². The Balaban J connectivity index is 1.47. The monoisotopic (exact) mass is 457 g/mol. The van der Waals surface area contributed by atoms with Crippen molar-refractivity contribution in [2.24, 2.45) is 7.05 Å². The Kier molecular flexibility index (Phi) is 5.38. The molecule has 1 aromatic carbocycles. The van der Waals surface area contributed by atoms with Crippen LogP contribution in [0.5, 0.6) is 0 Å². The van der Waals surface area contributed by atoms with Gasteiger partial charge in [0, 0.05) is 29.2 Å². The summed E-state index contributed by atoms with van der Waals surface area (Å²) in [6.45, 7) is 4.27. The van der Waals surface area contributed by atoms with Crippen LogP contribution in [0.3, 0.4) is 0 Å². The molecule has 0 fully saturated rings. The summed E-state index contributed by atoms with van der Waals surface area (Å²) < 4.78 is 3.37. The molecule has 0 unspecified atom stereocenters. The molecule has 0 spiro atoms. The maximum atomic E-state index is 13.2. The minimum atomic E-state index is -0.271. The lowest BCUT2D eigenvalue weighted by Crippen LogP contribution is -2.12. The Bertz CT molecular complexity index is 1510. The second-order valence-corrected chi connectivity index (χ2v) is 8.00. The summed E-state index contributed by atoms with van der Waals surface area (Å²) >= 11 is 0. The van der Waals surface area contributed by atoms with Gasteiger partial charge in [-0.3, -0.25) is 9.48 Å². The topological polar surface area (TPSA) is 128 Å². The molecule has 4 aromatic heterocycles. The highest BCUT2D eigenvalue weighted by Crippen LogP contribution is 2.27. The summed E-state index contributed by atoms with van der Waals surface area (Å²) in [6, 6.07) is 9.48. The first kappa shape index (κ1) is 21.5. The number of pyridine rings is 1. The second-order valence-electron chi connectivity index (χ2n) is 8.00. The number of nitrogens with zero attached hydrogens (tertiary/aromatic N) is 8. The fraction of sp³-hybridized carbons (Fsp3) is 0.217. The molecule has 11 nitrogen and oxygen atoms in total. The zero-order valence-corrected chi connectivity index (χ0v) is 19.0. The van der Waals surface area contributed by atoms with Gasteiger partial charge in [-0.1, -0.05) is 12.1 Å². The van der Waals surface area contributed by atoms with Crippen LogP contribution in [-0.2, 0) is 13.6 Å². The SMILES string of the molecule is Cc1ccc(-c2nnn(C)n2)cc1NC(=O)c1cnn2ccc(-c3cn(CCO)nc3C)cc12. The number of benzene rings is 1. The van der Waals surface area contributed by atoms with Gasteiger partial charge in [-0.25, -0.2) is 4.52 Å². The van der Waals surface area contributed by atoms with E-state index < -0.39 is 0 Å². The molecule has 11 heteroatoms. The molecule has 4 heterocycles. The fourth-order valence-corrected chi connectivity index (χ4v) is 3.83. The number of aliphatic hydroxyl groups excluding tert-OH is 1. The number of rotatable bonds is 6. The summed E-state index contributed by atoms with van der Waals surface area (Å²) in [4.78, 5) is 14.6. The summed E-state index contributed by atoms with van der Waals surface area (Å²) in [7, 11) is 1.70. The quantitative estimate of drug-likeness (QED) is 0.400. The molecule has 172 valence electrons. The molecule has 5 rings (SSSR count). The third-order valence-electron chi connectivity index (χ3n) is 5.60. The number of amides is 1. The lowest BCUT2D eigenvalue weighted by atomic mass is 10.1. The van der Waals surface area contributed by atoms with Crippen molar-refractivity contribution in [3.05, 3.63) is 65.7 Å². The lowest BCUT2D eigenvalue weighted by molar-refractivity contribution is 0.102. The number of anilines is 1. The second kappa shape index (κ2) is 8.52. The smallest absolute Gasteiger partial charge is 0.259 e. The van der Waals surface area contributed by atoms with Crippen molar-refractivity contribution in [2.45, 2.75) is 20.4 Å². The van der Waals surface area contributed by atoms with Crippen LogP contribution in [0.1, 0.15) is 21.6 Å². The molecule has 0 aliphatic carbocycles. The summed E-state index contributed by atoms with van der Waals surface area (Å²) in [5.41, 5.74) is 6.13. The highest BCUT2D eigenvalue weighted by atomic mass is 16.3. The normalized spacial score (nSPS) is 11.3. The van der Waals surface area contributed by atoms with E-state index in [1.54, 1.807) is 22.4 Å². The Morgan fingerprint density at radius 3 is 2.74 bits per heavy atom. The number of nitrogens with one attached hydrogen (secondary N) is 1. The molecule has 1 amide bonds. The van der Waals surface area contributed by atoms with Crippen molar-refractivity contribution in [3.63, 3.8) is 0 Å². The predicted molar refractivity (Wildman–Crippen MR) is 125 cm³/mol. The summed E-state index contributed by atoms with van der Waals surface area (Å²) in [6.07, 6.45) is 5.26. The van der Waals surface area contributed by atoms with Crippen LogP contribution >= 0.6 is 0 Å². The molecule has 0 bridgehead atoms. The van der Waals surface area contributed by atoms with Gasteiger partial charge in [-0.2, -0.15) is 15.0 Å². The first-order chi connectivity index (χ1) is 16.4. The minimum Gasteiger partial charge on any atom is -0.394 e. The number of tetrazole rings is 1. The van der Waals surface area contributed by atoms with Crippen LogP contribution in [0.2, 0.25) is 0 Å². The average molecular weight is 457 g/mol. The van der Waals surface area contributed by atoms with Crippen molar-refractivity contribution in [3.8, 4) is 22.5 Å². The molecule has 0 atom stereocenters. The van der Waals surface area contributed by atoms with Crippen molar-refractivity contribution >= 4 is 17.1 Å². The fourth-order valence-electron chi connectivity index (χ4n) is 3.83. The van der Waals surface area contributed by atoms with E-state index in [1.165, 1.54) is 4.80 Å². The molecule has 5 aromatic rings. The van der Waals surface area contributed by atoms with Crippen molar-refractivity contribution < 1.29 is 9.90 Å². The van der Waals surface area contributed by atoms with Crippen LogP contribution in [0.25, 0.3) is 28.0 Å². The van der Waals surface area contributed by atoms with Crippen LogP contribution in [-0.4, -0.2) is 57.2 Å². The van der Waals surface area contributed by atoms with E-state index in [0.717, 1.165) is 27.9 Å². The standard InChI is InChI=1S/C23H23N9O2/c1-14-4-5-17(22-26-29-30(3)28-22)10-20(14)25-23(34)18-12-24-32-7-6-16(11-21(18)32)19-13-31(8-9-33)27-15(19)2/h4-7,10-13,33H,8-9H2,1-3H3,(H,25,34). The summed E-state index contributed by atoms with van der Waals surface area (Å²) in [5, 5.41) is 33.1. The van der Waals surface area contributed by atoms with Crippen LogP contribution in [0.15, 0.2) is 48.9 Å². The minimum absolute atomic E-state index is 0.0140. The van der Waals surface area contributed by atoms with Gasteiger partial charge in [0.25, 0.3) is 5.91 Å². The van der Waals surface area contributed by atoms with Gasteiger partial charge >= 0.3 is 0 Å². The van der Waals surface area contributed by atoms with Crippen molar-refractivity contribution in [1.82, 2.24) is 39.6 Å². The Morgan fingerprint density at radius 2 is 1.97 bits per heavy atom. The number of hydrogen-bond donors (Lipinski definition) is 2. The highest BCUT2D eigenvalue weighted by Gasteiger charge is 2.17. The number of aromatic nitrogens is 8. The lowest BCUT2D eigenvalue weighted by Gasteiger charge is -2.09. The molecule has 0 saturated heterocycles. The molecular formula is C23H23N9O2. The first-order valence-electron chi connectivity index (χ1n) is 10.7. The van der Waals surface area contributed by atoms with Crippen LogP contribution in [0, 0.1) is 13.8 Å². The van der Waals surface area contributed by atoms with Crippen LogP contribution < -0.4 is 5.32 Å². The number of hydrogen-bond acceptors (Lipinski definition) is 7. The molecular weight excluding hydrogens is 434 g/mol. The first-order valence-corrected chi connectivity index (χ1v) is 10.7. The molecule has 0 saturated carbocycles. The van der Waals surface area contributed by atoms with Gasteiger partial charge in [0.2, 0.25) is 5.82 Å². The number of carbonyl (C=O) groups excluding carboxylic acids is 1. The van der Waals surface area contributed by atoms with E-state index >= 15 is 0 Å². The molecule has 0 aliphatic heterocycles. The highest BCUT2D eigenvalue weighted by molar-refractivity contribution is 6.09. The Hall–Kier alpha value is -4.38. The predicted octanol–water partition coefficient (Wildman–Crippen LogP) is 2.25. The van der Waals surface area contributed by atoms with E-state index in [1.807, 2.05) is 56.6 Å². The third kappa shape index (κ3) is 3.92. The van der Waals surface area contributed by atoms with Gasteiger partial charge in [0.1, 0.15) is 0 Å². The van der Waals surface area contributed by atoms with E-state index in [0.29, 0.717) is 29.1 Å². The number of carbonyl (C=O) groups is 1. The van der Waals surface area contributed by atoms with Gasteiger partial charge in [-0.05, 0) is 48.4 Å². The number of aryl methyl sites for hydroxylation is 3.